The van der Waals surface area contributed by atoms with E-state index in [0.717, 1.165) is 10.9 Å². The number of halogens is 1. The lowest BCUT2D eigenvalue weighted by molar-refractivity contribution is -0.121. The molecule has 0 aliphatic heterocycles. The van der Waals surface area contributed by atoms with Gasteiger partial charge in [-0.05, 0) is 16.3 Å². The van der Waals surface area contributed by atoms with Gasteiger partial charge in [-0.25, -0.2) is 0 Å². The Bertz CT molecular complexity index is 585. The van der Waals surface area contributed by atoms with Gasteiger partial charge in [0.15, 0.2) is 0 Å². The number of benzene rings is 2. The zero-order chi connectivity index (χ0) is 14.4. The third-order valence-electron chi connectivity index (χ3n) is 3.10. The summed E-state index contributed by atoms with van der Waals surface area (Å²) < 4.78 is 5.00. The van der Waals surface area contributed by atoms with Gasteiger partial charge in [0.25, 0.3) is 0 Å². The predicted molar refractivity (Wildman–Crippen MR) is 82.2 cm³/mol. The Morgan fingerprint density at radius 2 is 2.00 bits per heavy atom. The number of ether oxygens (including phenoxy) is 1. The summed E-state index contributed by atoms with van der Waals surface area (Å²) in [6.45, 7) is 0.424. The number of amides is 1. The number of carbonyl (C=O) groups is 1. The van der Waals surface area contributed by atoms with Crippen molar-refractivity contribution >= 4 is 28.3 Å². The Kier molecular flexibility index (Phi) is 5.39. The number of nitrogens with one attached hydrogen (secondary N) is 1. The molecule has 2 aromatic carbocycles. The minimum atomic E-state index is -0.144. The maximum Gasteiger partial charge on any atom is 0.224 e. The predicted octanol–water partition coefficient (Wildman–Crippen LogP) is 2.75. The van der Waals surface area contributed by atoms with E-state index in [1.165, 1.54) is 5.39 Å². The van der Waals surface area contributed by atoms with Crippen LogP contribution in [0.2, 0.25) is 0 Å². The number of hydrogen-bond donors (Lipinski definition) is 1. The molecule has 3 nitrogen and oxygen atoms in total. The molecule has 1 amide bonds. The summed E-state index contributed by atoms with van der Waals surface area (Å²) in [5, 5.41) is 5.19. The normalized spacial score (nSPS) is 12.3. The second-order valence-corrected chi connectivity index (χ2v) is 5.04. The summed E-state index contributed by atoms with van der Waals surface area (Å²) in [7, 11) is 1.59. The average molecular weight is 292 g/mol. The summed E-state index contributed by atoms with van der Waals surface area (Å²) in [5.41, 5.74) is 0.993. The third kappa shape index (κ3) is 3.95. The van der Waals surface area contributed by atoms with Crippen molar-refractivity contribution in [1.29, 1.82) is 0 Å². The standard InChI is InChI=1S/C16H18ClNO2/c1-20-11-15(10-17)18-16(19)9-12-6-7-13-4-2-3-5-14(13)8-12/h2-8,15H,9-11H2,1H3,(H,18,19). The lowest BCUT2D eigenvalue weighted by Gasteiger charge is -2.15. The van der Waals surface area contributed by atoms with Crippen LogP contribution in [0.25, 0.3) is 10.8 Å². The van der Waals surface area contributed by atoms with E-state index in [2.05, 4.69) is 11.4 Å². The second-order valence-electron chi connectivity index (χ2n) is 4.73. The molecule has 0 radical (unpaired) electrons. The summed E-state index contributed by atoms with van der Waals surface area (Å²) in [6, 6.07) is 14.0. The molecule has 0 spiro atoms. The molecule has 0 fully saturated rings. The van der Waals surface area contributed by atoms with Crippen LogP contribution in [-0.4, -0.2) is 31.5 Å². The van der Waals surface area contributed by atoms with Gasteiger partial charge >= 0.3 is 0 Å². The van der Waals surface area contributed by atoms with Gasteiger partial charge in [-0.3, -0.25) is 4.79 Å². The van der Waals surface area contributed by atoms with Gasteiger partial charge in [-0.2, -0.15) is 0 Å². The number of alkyl halides is 1. The molecule has 0 saturated carbocycles. The summed E-state index contributed by atoms with van der Waals surface area (Å²) in [5.74, 6) is 0.306. The van der Waals surface area contributed by atoms with E-state index in [-0.39, 0.29) is 11.9 Å². The zero-order valence-electron chi connectivity index (χ0n) is 11.4. The molecule has 1 atom stereocenters. The van der Waals surface area contributed by atoms with Gasteiger partial charge in [-0.1, -0.05) is 42.5 Å². The van der Waals surface area contributed by atoms with Crippen molar-refractivity contribution < 1.29 is 9.53 Å². The molecule has 1 unspecified atom stereocenters. The highest BCUT2D eigenvalue weighted by molar-refractivity contribution is 6.18. The zero-order valence-corrected chi connectivity index (χ0v) is 12.2. The summed E-state index contributed by atoms with van der Waals surface area (Å²) >= 11 is 5.78. The quantitative estimate of drug-likeness (QED) is 0.831. The third-order valence-corrected chi connectivity index (χ3v) is 3.47. The minimum Gasteiger partial charge on any atom is -0.383 e. The minimum absolute atomic E-state index is 0.0389. The maximum atomic E-state index is 12.0. The van der Waals surface area contributed by atoms with E-state index in [1.54, 1.807) is 7.11 Å². The molecule has 2 aromatic rings. The first kappa shape index (κ1) is 14.8. The fraction of sp³-hybridized carbons (Fsp3) is 0.312. The van der Waals surface area contributed by atoms with Crippen LogP contribution in [0.4, 0.5) is 0 Å². The Labute approximate surface area is 123 Å². The van der Waals surface area contributed by atoms with E-state index in [9.17, 15) is 4.79 Å². The van der Waals surface area contributed by atoms with Crippen LogP contribution in [0.5, 0.6) is 0 Å². The van der Waals surface area contributed by atoms with Gasteiger partial charge in [0.2, 0.25) is 5.91 Å². The van der Waals surface area contributed by atoms with Crippen molar-refractivity contribution in [2.45, 2.75) is 12.5 Å². The van der Waals surface area contributed by atoms with Gasteiger partial charge in [0.05, 0.1) is 19.1 Å². The van der Waals surface area contributed by atoms with E-state index >= 15 is 0 Å². The largest absolute Gasteiger partial charge is 0.383 e. The number of hydrogen-bond acceptors (Lipinski definition) is 2. The molecule has 0 aliphatic carbocycles. The number of carbonyl (C=O) groups excluding carboxylic acids is 1. The highest BCUT2D eigenvalue weighted by atomic mass is 35.5. The number of methoxy groups -OCH3 is 1. The van der Waals surface area contributed by atoms with E-state index in [0.29, 0.717) is 18.9 Å². The van der Waals surface area contributed by atoms with Gasteiger partial charge < -0.3 is 10.1 Å². The molecule has 1 N–H and O–H groups in total. The van der Waals surface area contributed by atoms with Crippen LogP contribution < -0.4 is 5.32 Å². The molecule has 4 heteroatoms. The Morgan fingerprint density at radius 1 is 1.25 bits per heavy atom. The van der Waals surface area contributed by atoms with Gasteiger partial charge in [0.1, 0.15) is 0 Å². The summed E-state index contributed by atoms with van der Waals surface area (Å²) in [4.78, 5) is 12.0. The molecule has 0 aromatic heterocycles. The van der Waals surface area contributed by atoms with Crippen LogP contribution in [0.1, 0.15) is 5.56 Å². The van der Waals surface area contributed by atoms with Crippen molar-refractivity contribution in [2.75, 3.05) is 19.6 Å². The monoisotopic (exact) mass is 291 g/mol. The Balaban J connectivity index is 2.02. The fourth-order valence-electron chi connectivity index (χ4n) is 2.14. The van der Waals surface area contributed by atoms with Crippen molar-refractivity contribution in [2.24, 2.45) is 0 Å². The van der Waals surface area contributed by atoms with Crippen molar-refractivity contribution in [3.05, 3.63) is 48.0 Å². The lowest BCUT2D eigenvalue weighted by atomic mass is 10.0. The van der Waals surface area contributed by atoms with Crippen LogP contribution in [0.15, 0.2) is 42.5 Å². The van der Waals surface area contributed by atoms with E-state index < -0.39 is 0 Å². The summed E-state index contributed by atoms with van der Waals surface area (Å²) in [6.07, 6.45) is 0.349. The van der Waals surface area contributed by atoms with E-state index in [1.807, 2.05) is 36.4 Å². The molecule has 106 valence electrons. The fourth-order valence-corrected chi connectivity index (χ4v) is 2.31. The topological polar surface area (TPSA) is 38.3 Å². The molecule has 0 aliphatic rings. The van der Waals surface area contributed by atoms with Crippen LogP contribution in [0.3, 0.4) is 0 Å². The van der Waals surface area contributed by atoms with Crippen LogP contribution >= 0.6 is 11.6 Å². The maximum absolute atomic E-state index is 12.0. The van der Waals surface area contributed by atoms with Crippen molar-refractivity contribution in [3.8, 4) is 0 Å². The number of rotatable bonds is 6. The first-order valence-electron chi connectivity index (χ1n) is 6.55. The number of fused-ring (bicyclic) bond motifs is 1. The van der Waals surface area contributed by atoms with Crippen LogP contribution in [0, 0.1) is 0 Å². The van der Waals surface area contributed by atoms with Gasteiger partial charge in [0, 0.05) is 13.0 Å². The average Bonchev–Trinajstić information content (AvgIpc) is 2.46. The molecule has 0 heterocycles. The highest BCUT2D eigenvalue weighted by Gasteiger charge is 2.11. The van der Waals surface area contributed by atoms with Gasteiger partial charge in [-0.15, -0.1) is 11.6 Å². The highest BCUT2D eigenvalue weighted by Crippen LogP contribution is 2.15. The first-order chi connectivity index (χ1) is 9.72. The first-order valence-corrected chi connectivity index (χ1v) is 7.08. The molecule has 2 rings (SSSR count). The molecule has 0 bridgehead atoms. The second kappa shape index (κ2) is 7.27. The Morgan fingerprint density at radius 3 is 2.70 bits per heavy atom. The lowest BCUT2D eigenvalue weighted by Crippen LogP contribution is -2.40. The molecular weight excluding hydrogens is 274 g/mol. The molecular formula is C16H18ClNO2. The van der Waals surface area contributed by atoms with E-state index in [4.69, 9.17) is 16.3 Å². The smallest absolute Gasteiger partial charge is 0.224 e. The SMILES string of the molecule is COCC(CCl)NC(=O)Cc1ccc2ccccc2c1. The molecule has 20 heavy (non-hydrogen) atoms. The van der Waals surface area contributed by atoms with Crippen LogP contribution in [-0.2, 0) is 16.0 Å². The van der Waals surface area contributed by atoms with Crippen molar-refractivity contribution in [3.63, 3.8) is 0 Å². The Hall–Kier alpha value is -1.58. The van der Waals surface area contributed by atoms with Crippen molar-refractivity contribution in [1.82, 2.24) is 5.32 Å². The molecule has 0 saturated heterocycles.